The topological polar surface area (TPSA) is 62.0 Å². The van der Waals surface area contributed by atoms with Crippen LogP contribution >= 0.6 is 11.8 Å². The number of thioether (sulfide) groups is 1. The van der Waals surface area contributed by atoms with Gasteiger partial charge in [-0.3, -0.25) is 9.59 Å². The van der Waals surface area contributed by atoms with Crippen molar-refractivity contribution in [2.45, 2.75) is 38.1 Å². The molecule has 3 rings (SSSR count). The second-order valence-electron chi connectivity index (χ2n) is 6.00. The SMILES string of the molecule is CC(=O)c1c(C)[nH]c(C(=O)N[C@@H]2CCSc3c(F)cccc32)c1C. The lowest BCUT2D eigenvalue weighted by molar-refractivity contribution is 0.0929. The summed E-state index contributed by atoms with van der Waals surface area (Å²) in [5, 5.41) is 2.98. The van der Waals surface area contributed by atoms with Crippen molar-refractivity contribution >= 4 is 23.5 Å². The van der Waals surface area contributed by atoms with Crippen molar-refractivity contribution in [3.05, 3.63) is 52.1 Å². The van der Waals surface area contributed by atoms with Crippen LogP contribution in [0.2, 0.25) is 0 Å². The molecule has 24 heavy (non-hydrogen) atoms. The Morgan fingerprint density at radius 2 is 2.08 bits per heavy atom. The highest BCUT2D eigenvalue weighted by Crippen LogP contribution is 2.37. The van der Waals surface area contributed by atoms with Crippen molar-refractivity contribution in [3.8, 4) is 0 Å². The molecule has 4 nitrogen and oxygen atoms in total. The summed E-state index contributed by atoms with van der Waals surface area (Å²) in [5.74, 6) is 0.166. The van der Waals surface area contributed by atoms with Crippen LogP contribution in [0.3, 0.4) is 0 Å². The predicted octanol–water partition coefficient (Wildman–Crippen LogP) is 3.94. The second kappa shape index (κ2) is 6.43. The third kappa shape index (κ3) is 2.86. The summed E-state index contributed by atoms with van der Waals surface area (Å²) in [6.45, 7) is 5.03. The third-order valence-electron chi connectivity index (χ3n) is 4.35. The fourth-order valence-corrected chi connectivity index (χ4v) is 4.41. The second-order valence-corrected chi connectivity index (χ2v) is 7.11. The molecular weight excluding hydrogens is 327 g/mol. The number of fused-ring (bicyclic) bond motifs is 1. The van der Waals surface area contributed by atoms with Crippen LogP contribution in [0.5, 0.6) is 0 Å². The number of rotatable bonds is 3. The zero-order chi connectivity index (χ0) is 17.4. The summed E-state index contributed by atoms with van der Waals surface area (Å²) in [6.07, 6.45) is 0.741. The molecule has 1 atom stereocenters. The van der Waals surface area contributed by atoms with E-state index in [1.54, 1.807) is 19.9 Å². The molecule has 6 heteroatoms. The van der Waals surface area contributed by atoms with E-state index < -0.39 is 0 Å². The highest BCUT2D eigenvalue weighted by Gasteiger charge is 2.27. The first-order valence-corrected chi connectivity index (χ1v) is 8.81. The van der Waals surface area contributed by atoms with Gasteiger partial charge in [-0.15, -0.1) is 11.8 Å². The number of benzene rings is 1. The van der Waals surface area contributed by atoms with Gasteiger partial charge in [0.05, 0.1) is 6.04 Å². The molecule has 1 aliphatic heterocycles. The fourth-order valence-electron chi connectivity index (χ4n) is 3.27. The molecule has 2 heterocycles. The van der Waals surface area contributed by atoms with Gasteiger partial charge in [0.1, 0.15) is 11.5 Å². The molecule has 0 radical (unpaired) electrons. The molecule has 126 valence electrons. The van der Waals surface area contributed by atoms with Crippen LogP contribution in [-0.2, 0) is 0 Å². The minimum absolute atomic E-state index is 0.0678. The summed E-state index contributed by atoms with van der Waals surface area (Å²) in [5.41, 5.74) is 3.12. The monoisotopic (exact) mass is 346 g/mol. The Bertz CT molecular complexity index is 829. The number of nitrogens with one attached hydrogen (secondary N) is 2. The van der Waals surface area contributed by atoms with Crippen LogP contribution in [0.1, 0.15) is 57.1 Å². The van der Waals surface area contributed by atoms with Crippen LogP contribution in [0, 0.1) is 19.7 Å². The number of halogens is 1. The van der Waals surface area contributed by atoms with E-state index in [2.05, 4.69) is 10.3 Å². The quantitative estimate of drug-likeness (QED) is 0.828. The molecule has 1 aromatic carbocycles. The summed E-state index contributed by atoms with van der Waals surface area (Å²) in [4.78, 5) is 28.0. The van der Waals surface area contributed by atoms with Crippen molar-refractivity contribution in [2.75, 3.05) is 5.75 Å². The van der Waals surface area contributed by atoms with Gasteiger partial charge in [0.25, 0.3) is 5.91 Å². The van der Waals surface area contributed by atoms with Crippen LogP contribution in [0.25, 0.3) is 0 Å². The maximum Gasteiger partial charge on any atom is 0.268 e. The molecule has 0 unspecified atom stereocenters. The lowest BCUT2D eigenvalue weighted by Crippen LogP contribution is -2.31. The average molecular weight is 346 g/mol. The Labute approximate surface area is 144 Å². The van der Waals surface area contributed by atoms with Gasteiger partial charge in [-0.2, -0.15) is 0 Å². The molecule has 1 aliphatic rings. The molecule has 1 amide bonds. The minimum atomic E-state index is -0.268. The van der Waals surface area contributed by atoms with E-state index in [1.165, 1.54) is 24.8 Å². The zero-order valence-corrected chi connectivity index (χ0v) is 14.6. The third-order valence-corrected chi connectivity index (χ3v) is 5.51. The molecule has 0 aliphatic carbocycles. The van der Waals surface area contributed by atoms with Gasteiger partial charge in [-0.25, -0.2) is 4.39 Å². The Morgan fingerprint density at radius 3 is 2.75 bits per heavy atom. The molecule has 2 aromatic rings. The molecule has 0 fully saturated rings. The number of aromatic nitrogens is 1. The molecule has 0 saturated carbocycles. The standard InChI is InChI=1S/C18H19FN2O2S/c1-9-15(11(3)22)10(2)20-16(9)18(23)21-14-7-8-24-17-12(14)5-4-6-13(17)19/h4-6,14,20H,7-8H2,1-3H3,(H,21,23)/t14-/m1/s1. The van der Waals surface area contributed by atoms with Gasteiger partial charge in [0.2, 0.25) is 0 Å². The molecule has 1 aromatic heterocycles. The maximum atomic E-state index is 13.9. The van der Waals surface area contributed by atoms with E-state index in [9.17, 15) is 14.0 Å². The Morgan fingerprint density at radius 1 is 1.33 bits per heavy atom. The highest BCUT2D eigenvalue weighted by atomic mass is 32.2. The van der Waals surface area contributed by atoms with Crippen molar-refractivity contribution in [2.24, 2.45) is 0 Å². The number of H-pyrrole nitrogens is 1. The van der Waals surface area contributed by atoms with E-state index in [0.29, 0.717) is 27.4 Å². The summed E-state index contributed by atoms with van der Waals surface area (Å²) < 4.78 is 13.9. The number of Topliss-reactive ketones (excluding diaryl/α,β-unsaturated/α-hetero) is 1. The average Bonchev–Trinajstić information content (AvgIpc) is 2.83. The zero-order valence-electron chi connectivity index (χ0n) is 13.8. The number of aromatic amines is 1. The number of hydrogen-bond acceptors (Lipinski definition) is 3. The van der Waals surface area contributed by atoms with E-state index in [0.717, 1.165) is 17.7 Å². The molecule has 0 spiro atoms. The molecule has 0 bridgehead atoms. The molecule has 0 saturated heterocycles. The van der Waals surface area contributed by atoms with Crippen molar-refractivity contribution in [3.63, 3.8) is 0 Å². The predicted molar refractivity (Wildman–Crippen MR) is 92.2 cm³/mol. The van der Waals surface area contributed by atoms with Gasteiger partial charge in [0.15, 0.2) is 5.78 Å². The van der Waals surface area contributed by atoms with Crippen LogP contribution in [-0.4, -0.2) is 22.4 Å². The number of ketones is 1. The Balaban J connectivity index is 1.89. The number of amides is 1. The summed E-state index contributed by atoms with van der Waals surface area (Å²) >= 11 is 1.48. The van der Waals surface area contributed by atoms with E-state index in [4.69, 9.17) is 0 Å². The number of carbonyl (C=O) groups excluding carboxylic acids is 2. The van der Waals surface area contributed by atoms with Gasteiger partial charge in [0, 0.05) is 21.9 Å². The number of carbonyl (C=O) groups is 2. The first-order valence-electron chi connectivity index (χ1n) is 7.82. The minimum Gasteiger partial charge on any atom is -0.354 e. The van der Waals surface area contributed by atoms with Crippen molar-refractivity contribution < 1.29 is 14.0 Å². The number of aryl methyl sites for hydroxylation is 1. The van der Waals surface area contributed by atoms with Gasteiger partial charge >= 0.3 is 0 Å². The van der Waals surface area contributed by atoms with E-state index >= 15 is 0 Å². The number of hydrogen-bond donors (Lipinski definition) is 2. The lowest BCUT2D eigenvalue weighted by Gasteiger charge is -2.26. The summed E-state index contributed by atoms with van der Waals surface area (Å²) in [6, 6.07) is 4.72. The molecule has 2 N–H and O–H groups in total. The molecular formula is C18H19FN2O2S. The van der Waals surface area contributed by atoms with Crippen LogP contribution < -0.4 is 5.32 Å². The van der Waals surface area contributed by atoms with Crippen molar-refractivity contribution in [1.29, 1.82) is 0 Å². The summed E-state index contributed by atoms with van der Waals surface area (Å²) in [7, 11) is 0. The smallest absolute Gasteiger partial charge is 0.268 e. The van der Waals surface area contributed by atoms with Crippen molar-refractivity contribution in [1.82, 2.24) is 10.3 Å². The van der Waals surface area contributed by atoms with Crippen LogP contribution in [0.4, 0.5) is 4.39 Å². The van der Waals surface area contributed by atoms with Gasteiger partial charge in [-0.1, -0.05) is 12.1 Å². The lowest BCUT2D eigenvalue weighted by atomic mass is 10.0. The largest absolute Gasteiger partial charge is 0.354 e. The van der Waals surface area contributed by atoms with E-state index in [-0.39, 0.29) is 23.5 Å². The normalized spacial score (nSPS) is 16.6. The Hall–Kier alpha value is -2.08. The van der Waals surface area contributed by atoms with E-state index in [1.807, 2.05) is 6.07 Å². The highest BCUT2D eigenvalue weighted by molar-refractivity contribution is 7.99. The Kier molecular flexibility index (Phi) is 4.49. The fraction of sp³-hybridized carbons (Fsp3) is 0.333. The first kappa shape index (κ1) is 16.8. The van der Waals surface area contributed by atoms with Gasteiger partial charge in [-0.05, 0) is 44.4 Å². The maximum absolute atomic E-state index is 13.9. The van der Waals surface area contributed by atoms with Gasteiger partial charge < -0.3 is 10.3 Å². The first-order chi connectivity index (χ1) is 11.4. The van der Waals surface area contributed by atoms with Crippen LogP contribution in [0.15, 0.2) is 23.1 Å².